The molecule has 0 fully saturated rings. The fourth-order valence-electron chi connectivity index (χ4n) is 1.43. The highest BCUT2D eigenvalue weighted by Gasteiger charge is 2.19. The Morgan fingerprint density at radius 3 is 2.59 bits per heavy atom. The van der Waals surface area contributed by atoms with Gasteiger partial charge in [-0.3, -0.25) is 0 Å². The van der Waals surface area contributed by atoms with Crippen LogP contribution >= 0.6 is 0 Å². The van der Waals surface area contributed by atoms with E-state index >= 15 is 0 Å². The van der Waals surface area contributed by atoms with Crippen LogP contribution in [-0.4, -0.2) is 14.4 Å². The molecule has 1 unspecified atom stereocenters. The summed E-state index contributed by atoms with van der Waals surface area (Å²) in [6.45, 7) is 10.2. The molecule has 0 aliphatic rings. The molecule has 0 saturated heterocycles. The van der Waals surface area contributed by atoms with E-state index in [4.69, 9.17) is 4.43 Å². The molecule has 0 aromatic heterocycles. The smallest absolute Gasteiger partial charge is 0.210 e. The molecule has 0 aliphatic carbocycles. The Hall–Kier alpha value is -1.30. The van der Waals surface area contributed by atoms with E-state index in [2.05, 4.69) is 38.4 Å². The van der Waals surface area contributed by atoms with Gasteiger partial charge in [-0.15, -0.1) is 6.58 Å². The SMILES string of the molecule is C=C[Si](C)(C)OC(C)CC#Cc1ccccc1. The average molecular weight is 244 g/mol. The lowest BCUT2D eigenvalue weighted by Gasteiger charge is -2.22. The summed E-state index contributed by atoms with van der Waals surface area (Å²) in [4.78, 5) is 0. The van der Waals surface area contributed by atoms with Gasteiger partial charge in [0, 0.05) is 12.0 Å². The van der Waals surface area contributed by atoms with Gasteiger partial charge in [-0.1, -0.05) is 35.7 Å². The maximum Gasteiger partial charge on any atom is 0.210 e. The van der Waals surface area contributed by atoms with Gasteiger partial charge in [0.2, 0.25) is 8.32 Å². The van der Waals surface area contributed by atoms with E-state index < -0.39 is 8.32 Å². The van der Waals surface area contributed by atoms with Gasteiger partial charge in [0.25, 0.3) is 0 Å². The van der Waals surface area contributed by atoms with Crippen LogP contribution in [0.5, 0.6) is 0 Å². The molecule has 17 heavy (non-hydrogen) atoms. The Kier molecular flexibility index (Phi) is 5.21. The quantitative estimate of drug-likeness (QED) is 0.579. The molecular formula is C15H20OSi. The largest absolute Gasteiger partial charge is 0.410 e. The second-order valence-corrected chi connectivity index (χ2v) is 8.46. The molecule has 2 heteroatoms. The second-order valence-electron chi connectivity index (χ2n) is 4.61. The molecule has 1 nitrogen and oxygen atoms in total. The summed E-state index contributed by atoms with van der Waals surface area (Å²) < 4.78 is 5.94. The number of hydrogen-bond acceptors (Lipinski definition) is 1. The van der Waals surface area contributed by atoms with Crippen molar-refractivity contribution in [3.8, 4) is 11.8 Å². The summed E-state index contributed by atoms with van der Waals surface area (Å²) in [6.07, 6.45) is 0.935. The van der Waals surface area contributed by atoms with Crippen molar-refractivity contribution in [2.75, 3.05) is 0 Å². The van der Waals surface area contributed by atoms with Gasteiger partial charge >= 0.3 is 0 Å². The zero-order chi connectivity index (χ0) is 12.7. The van der Waals surface area contributed by atoms with Gasteiger partial charge in [0.15, 0.2) is 0 Å². The maximum absolute atomic E-state index is 5.94. The van der Waals surface area contributed by atoms with Crippen LogP contribution in [0, 0.1) is 11.8 Å². The first-order valence-electron chi connectivity index (χ1n) is 5.89. The lowest BCUT2D eigenvalue weighted by Crippen LogP contribution is -2.32. The summed E-state index contributed by atoms with van der Waals surface area (Å²) in [5.74, 6) is 6.30. The Morgan fingerprint density at radius 2 is 2.00 bits per heavy atom. The van der Waals surface area contributed by atoms with Crippen molar-refractivity contribution in [3.05, 3.63) is 48.2 Å². The molecule has 1 aromatic carbocycles. The summed E-state index contributed by atoms with van der Waals surface area (Å²) in [5, 5.41) is 0. The molecule has 1 aromatic rings. The van der Waals surface area contributed by atoms with Crippen molar-refractivity contribution in [2.45, 2.75) is 32.5 Å². The topological polar surface area (TPSA) is 9.23 Å². The zero-order valence-corrected chi connectivity index (χ0v) is 11.9. The molecule has 0 saturated carbocycles. The number of benzene rings is 1. The predicted octanol–water partition coefficient (Wildman–Crippen LogP) is 3.76. The zero-order valence-electron chi connectivity index (χ0n) is 10.9. The Labute approximate surface area is 106 Å². The van der Waals surface area contributed by atoms with Gasteiger partial charge in [-0.2, -0.15) is 0 Å². The van der Waals surface area contributed by atoms with Gasteiger partial charge in [-0.05, 0) is 32.2 Å². The lowest BCUT2D eigenvalue weighted by atomic mass is 10.2. The normalized spacial score (nSPS) is 12.4. The van der Waals surface area contributed by atoms with Gasteiger partial charge in [0.1, 0.15) is 0 Å². The van der Waals surface area contributed by atoms with Crippen LogP contribution in [0.15, 0.2) is 42.6 Å². The first-order chi connectivity index (χ1) is 8.03. The summed E-state index contributed by atoms with van der Waals surface area (Å²) >= 11 is 0. The molecule has 0 spiro atoms. The molecule has 0 radical (unpaired) electrons. The van der Waals surface area contributed by atoms with Crippen LogP contribution in [0.4, 0.5) is 0 Å². The minimum absolute atomic E-state index is 0.172. The van der Waals surface area contributed by atoms with Crippen LogP contribution in [0.2, 0.25) is 13.1 Å². The molecule has 1 atom stereocenters. The summed E-state index contributed by atoms with van der Waals surface area (Å²) in [7, 11) is -1.67. The van der Waals surface area contributed by atoms with Crippen molar-refractivity contribution in [3.63, 3.8) is 0 Å². The third-order valence-electron chi connectivity index (χ3n) is 2.39. The standard InChI is InChI=1S/C15H20OSi/c1-5-17(3,4)16-14(2)10-9-13-15-11-7-6-8-12-15/h5-8,11-12,14H,1,10H2,2-4H3. The van der Waals surface area contributed by atoms with Crippen LogP contribution in [0.1, 0.15) is 18.9 Å². The van der Waals surface area contributed by atoms with Gasteiger partial charge < -0.3 is 4.43 Å². The van der Waals surface area contributed by atoms with Crippen molar-refractivity contribution in [1.82, 2.24) is 0 Å². The average Bonchev–Trinajstić information content (AvgIpc) is 2.30. The first-order valence-corrected chi connectivity index (χ1v) is 8.87. The first kappa shape index (κ1) is 13.8. The highest BCUT2D eigenvalue weighted by molar-refractivity contribution is 6.76. The van der Waals surface area contributed by atoms with Crippen LogP contribution < -0.4 is 0 Å². The minimum atomic E-state index is -1.67. The van der Waals surface area contributed by atoms with Crippen LogP contribution in [0.3, 0.4) is 0 Å². The van der Waals surface area contributed by atoms with Gasteiger partial charge in [0.05, 0.1) is 6.10 Å². The third kappa shape index (κ3) is 5.53. The van der Waals surface area contributed by atoms with Gasteiger partial charge in [-0.25, -0.2) is 0 Å². The molecule has 0 bridgehead atoms. The molecule has 1 rings (SSSR count). The van der Waals surface area contributed by atoms with E-state index in [1.807, 2.05) is 36.0 Å². The van der Waals surface area contributed by atoms with Crippen molar-refractivity contribution >= 4 is 8.32 Å². The summed E-state index contributed by atoms with van der Waals surface area (Å²) in [5.41, 5.74) is 3.01. The molecule has 0 N–H and O–H groups in total. The van der Waals surface area contributed by atoms with Crippen molar-refractivity contribution in [2.24, 2.45) is 0 Å². The molecule has 0 aliphatic heterocycles. The fraction of sp³-hybridized carbons (Fsp3) is 0.333. The Morgan fingerprint density at radius 1 is 1.35 bits per heavy atom. The van der Waals surface area contributed by atoms with E-state index in [0.29, 0.717) is 0 Å². The molecule has 90 valence electrons. The number of hydrogen-bond donors (Lipinski definition) is 0. The van der Waals surface area contributed by atoms with E-state index in [-0.39, 0.29) is 6.10 Å². The number of rotatable bonds is 4. The summed E-state index contributed by atoms with van der Waals surface area (Å²) in [6, 6.07) is 10.0. The fourth-order valence-corrected chi connectivity index (χ4v) is 2.64. The van der Waals surface area contributed by atoms with Crippen molar-refractivity contribution in [1.29, 1.82) is 0 Å². The highest BCUT2D eigenvalue weighted by atomic mass is 28.4. The molecular weight excluding hydrogens is 224 g/mol. The molecule has 0 amide bonds. The van der Waals surface area contributed by atoms with Crippen LogP contribution in [0.25, 0.3) is 0 Å². The van der Waals surface area contributed by atoms with E-state index in [1.54, 1.807) is 0 Å². The van der Waals surface area contributed by atoms with Crippen LogP contribution in [-0.2, 0) is 4.43 Å². The lowest BCUT2D eigenvalue weighted by molar-refractivity contribution is 0.223. The van der Waals surface area contributed by atoms with E-state index in [9.17, 15) is 0 Å². The minimum Gasteiger partial charge on any atom is -0.410 e. The highest BCUT2D eigenvalue weighted by Crippen LogP contribution is 2.10. The second kappa shape index (κ2) is 6.44. The molecule has 0 heterocycles. The predicted molar refractivity (Wildman–Crippen MR) is 76.2 cm³/mol. The third-order valence-corrected chi connectivity index (χ3v) is 4.39. The Bertz CT molecular complexity index is 412. The van der Waals surface area contributed by atoms with Crippen molar-refractivity contribution < 1.29 is 4.43 Å². The maximum atomic E-state index is 5.94. The van der Waals surface area contributed by atoms with E-state index in [0.717, 1.165) is 12.0 Å². The monoisotopic (exact) mass is 244 g/mol. The van der Waals surface area contributed by atoms with E-state index in [1.165, 1.54) is 0 Å². The Balaban J connectivity index is 2.46.